The second kappa shape index (κ2) is 6.85. The number of nitrogens with two attached hydrogens (primary N) is 1. The van der Waals surface area contributed by atoms with Crippen LogP contribution in [0.25, 0.3) is 0 Å². The number of hydrogen-bond donors (Lipinski definition) is 1. The molecule has 106 valence electrons. The summed E-state index contributed by atoms with van der Waals surface area (Å²) < 4.78 is 11.4. The van der Waals surface area contributed by atoms with Crippen molar-refractivity contribution in [2.24, 2.45) is 5.73 Å². The van der Waals surface area contributed by atoms with Crippen LogP contribution in [0, 0.1) is 0 Å². The van der Waals surface area contributed by atoms with Crippen molar-refractivity contribution in [1.82, 2.24) is 4.90 Å². The van der Waals surface area contributed by atoms with Crippen LogP contribution in [-0.4, -0.2) is 56.5 Å². The first kappa shape index (κ1) is 14.3. The summed E-state index contributed by atoms with van der Waals surface area (Å²) in [7, 11) is 2.20. The normalized spacial score (nSPS) is 34.5. The van der Waals surface area contributed by atoms with Crippen LogP contribution in [0.2, 0.25) is 0 Å². The standard InChI is InChI=1S/C14H28N2O2/c1-16(11-13-5-2-3-9-18-13)14(12-15)6-4-8-17-10-7-14/h13H,2-12,15H2,1H3. The smallest absolute Gasteiger partial charge is 0.0702 e. The van der Waals surface area contributed by atoms with E-state index in [1.54, 1.807) is 0 Å². The van der Waals surface area contributed by atoms with E-state index in [-0.39, 0.29) is 5.54 Å². The van der Waals surface area contributed by atoms with Gasteiger partial charge < -0.3 is 15.2 Å². The molecule has 2 aliphatic rings. The quantitative estimate of drug-likeness (QED) is 0.825. The molecule has 0 aromatic carbocycles. The van der Waals surface area contributed by atoms with Crippen LogP contribution in [0.3, 0.4) is 0 Å². The van der Waals surface area contributed by atoms with Gasteiger partial charge in [-0.25, -0.2) is 0 Å². The van der Waals surface area contributed by atoms with Gasteiger partial charge in [-0.3, -0.25) is 4.90 Å². The van der Waals surface area contributed by atoms with E-state index < -0.39 is 0 Å². The van der Waals surface area contributed by atoms with Crippen molar-refractivity contribution < 1.29 is 9.47 Å². The first-order valence-corrected chi connectivity index (χ1v) is 7.37. The predicted octanol–water partition coefficient (Wildman–Crippen LogP) is 1.39. The lowest BCUT2D eigenvalue weighted by Gasteiger charge is -2.42. The number of nitrogens with zero attached hydrogens (tertiary/aromatic N) is 1. The topological polar surface area (TPSA) is 47.7 Å². The summed E-state index contributed by atoms with van der Waals surface area (Å²) in [4.78, 5) is 2.44. The zero-order valence-corrected chi connectivity index (χ0v) is 11.7. The van der Waals surface area contributed by atoms with Gasteiger partial charge in [0.2, 0.25) is 0 Å². The Morgan fingerprint density at radius 3 is 2.78 bits per heavy atom. The monoisotopic (exact) mass is 256 g/mol. The van der Waals surface area contributed by atoms with Gasteiger partial charge in [0.1, 0.15) is 0 Å². The van der Waals surface area contributed by atoms with Crippen molar-refractivity contribution in [3.8, 4) is 0 Å². The maximum Gasteiger partial charge on any atom is 0.0702 e. The summed E-state index contributed by atoms with van der Waals surface area (Å²) in [6.07, 6.45) is 7.43. The molecule has 2 saturated heterocycles. The van der Waals surface area contributed by atoms with Crippen LogP contribution in [0.5, 0.6) is 0 Å². The van der Waals surface area contributed by atoms with Crippen LogP contribution < -0.4 is 5.73 Å². The summed E-state index contributed by atoms with van der Waals surface area (Å²) in [5.74, 6) is 0. The Balaban J connectivity index is 1.92. The minimum Gasteiger partial charge on any atom is -0.381 e. The predicted molar refractivity (Wildman–Crippen MR) is 72.7 cm³/mol. The lowest BCUT2D eigenvalue weighted by Crippen LogP contribution is -2.54. The van der Waals surface area contributed by atoms with Crippen molar-refractivity contribution >= 4 is 0 Å². The molecule has 2 fully saturated rings. The van der Waals surface area contributed by atoms with Gasteiger partial charge in [-0.15, -0.1) is 0 Å². The summed E-state index contributed by atoms with van der Waals surface area (Å²) in [5, 5.41) is 0. The fourth-order valence-corrected chi connectivity index (χ4v) is 3.18. The minimum atomic E-state index is 0.122. The van der Waals surface area contributed by atoms with E-state index in [0.717, 1.165) is 52.2 Å². The summed E-state index contributed by atoms with van der Waals surface area (Å²) >= 11 is 0. The average Bonchev–Trinajstić information content (AvgIpc) is 2.66. The van der Waals surface area contributed by atoms with Crippen LogP contribution in [0.4, 0.5) is 0 Å². The van der Waals surface area contributed by atoms with Crippen LogP contribution in [0.1, 0.15) is 38.5 Å². The maximum absolute atomic E-state index is 6.08. The zero-order valence-electron chi connectivity index (χ0n) is 11.7. The van der Waals surface area contributed by atoms with E-state index >= 15 is 0 Å². The van der Waals surface area contributed by atoms with E-state index in [4.69, 9.17) is 15.2 Å². The molecule has 2 rings (SSSR count). The highest BCUT2D eigenvalue weighted by Crippen LogP contribution is 2.27. The SMILES string of the molecule is CN(CC1CCCCO1)C1(CN)CCCOCC1. The first-order chi connectivity index (χ1) is 8.77. The Labute approximate surface area is 111 Å². The van der Waals surface area contributed by atoms with Crippen molar-refractivity contribution in [2.75, 3.05) is 40.0 Å². The first-order valence-electron chi connectivity index (χ1n) is 7.37. The van der Waals surface area contributed by atoms with Gasteiger partial charge in [-0.1, -0.05) is 0 Å². The summed E-state index contributed by atoms with van der Waals surface area (Å²) in [6.45, 7) is 4.39. The zero-order chi connectivity index (χ0) is 12.8. The Hall–Kier alpha value is -0.160. The molecular formula is C14H28N2O2. The lowest BCUT2D eigenvalue weighted by molar-refractivity contribution is -0.0262. The largest absolute Gasteiger partial charge is 0.381 e. The van der Waals surface area contributed by atoms with Gasteiger partial charge in [0.15, 0.2) is 0 Å². The van der Waals surface area contributed by atoms with E-state index in [1.807, 2.05) is 0 Å². The molecule has 2 N–H and O–H groups in total. The van der Waals surface area contributed by atoms with Gasteiger partial charge in [0.05, 0.1) is 6.10 Å². The highest BCUT2D eigenvalue weighted by molar-refractivity contribution is 4.92. The molecule has 0 aromatic rings. The minimum absolute atomic E-state index is 0.122. The molecular weight excluding hydrogens is 228 g/mol. The number of hydrogen-bond acceptors (Lipinski definition) is 4. The van der Waals surface area contributed by atoms with Gasteiger partial charge in [0, 0.05) is 38.4 Å². The van der Waals surface area contributed by atoms with Crippen molar-refractivity contribution in [3.63, 3.8) is 0 Å². The van der Waals surface area contributed by atoms with E-state index in [0.29, 0.717) is 6.10 Å². The van der Waals surface area contributed by atoms with Gasteiger partial charge in [-0.2, -0.15) is 0 Å². The van der Waals surface area contributed by atoms with Gasteiger partial charge in [-0.05, 0) is 45.6 Å². The molecule has 2 aliphatic heterocycles. The molecule has 0 radical (unpaired) electrons. The highest BCUT2D eigenvalue weighted by Gasteiger charge is 2.35. The molecule has 2 atom stereocenters. The molecule has 4 heteroatoms. The van der Waals surface area contributed by atoms with E-state index in [1.165, 1.54) is 19.3 Å². The fourth-order valence-electron chi connectivity index (χ4n) is 3.18. The molecule has 2 heterocycles. The van der Waals surface area contributed by atoms with Crippen LogP contribution in [0.15, 0.2) is 0 Å². The fraction of sp³-hybridized carbons (Fsp3) is 1.00. The van der Waals surface area contributed by atoms with Gasteiger partial charge in [0.25, 0.3) is 0 Å². The average molecular weight is 256 g/mol. The molecule has 0 aromatic heterocycles. The van der Waals surface area contributed by atoms with Crippen molar-refractivity contribution in [2.45, 2.75) is 50.2 Å². The molecule has 0 saturated carbocycles. The van der Waals surface area contributed by atoms with Crippen molar-refractivity contribution in [1.29, 1.82) is 0 Å². The Kier molecular flexibility index (Phi) is 5.42. The third-order valence-electron chi connectivity index (χ3n) is 4.58. The highest BCUT2D eigenvalue weighted by atomic mass is 16.5. The summed E-state index contributed by atoms with van der Waals surface area (Å²) in [5.41, 5.74) is 6.20. The molecule has 0 bridgehead atoms. The van der Waals surface area contributed by atoms with Crippen LogP contribution in [-0.2, 0) is 9.47 Å². The maximum atomic E-state index is 6.08. The molecule has 0 amide bonds. The Morgan fingerprint density at radius 2 is 2.06 bits per heavy atom. The second-order valence-corrected chi connectivity index (χ2v) is 5.76. The lowest BCUT2D eigenvalue weighted by atomic mass is 9.88. The molecule has 18 heavy (non-hydrogen) atoms. The molecule has 0 spiro atoms. The Morgan fingerprint density at radius 1 is 1.17 bits per heavy atom. The number of rotatable bonds is 4. The third kappa shape index (κ3) is 3.44. The molecule has 0 aliphatic carbocycles. The summed E-state index contributed by atoms with van der Waals surface area (Å²) in [6, 6.07) is 0. The number of ether oxygens (including phenoxy) is 2. The molecule has 2 unspecified atom stereocenters. The van der Waals surface area contributed by atoms with E-state index in [2.05, 4.69) is 11.9 Å². The van der Waals surface area contributed by atoms with E-state index in [9.17, 15) is 0 Å². The van der Waals surface area contributed by atoms with Crippen LogP contribution >= 0.6 is 0 Å². The Bertz CT molecular complexity index is 234. The molecule has 4 nitrogen and oxygen atoms in total. The number of likely N-dealkylation sites (N-methyl/N-ethyl adjacent to an activating group) is 1. The second-order valence-electron chi connectivity index (χ2n) is 5.76. The van der Waals surface area contributed by atoms with Crippen molar-refractivity contribution in [3.05, 3.63) is 0 Å². The van der Waals surface area contributed by atoms with Gasteiger partial charge >= 0.3 is 0 Å². The third-order valence-corrected chi connectivity index (χ3v) is 4.58.